The van der Waals surface area contributed by atoms with Gasteiger partial charge in [-0.1, -0.05) is 28.1 Å². The maximum atomic E-state index is 9.10. The van der Waals surface area contributed by atoms with Gasteiger partial charge in [-0.2, -0.15) is 0 Å². The number of benzene rings is 2. The van der Waals surface area contributed by atoms with Gasteiger partial charge in [0.1, 0.15) is 11.5 Å². The SMILES string of the molecule is COc1ccc(Br)cc1CN1CCC(N2CCN(c3ccccc3OC)CC2)CC1.O=C(O)C(=O)O. The number of nitrogens with zero attached hydrogens (tertiary/aromatic N) is 3. The van der Waals surface area contributed by atoms with Gasteiger partial charge in [-0.3, -0.25) is 9.80 Å². The van der Waals surface area contributed by atoms with Crippen molar-refractivity contribution in [3.63, 3.8) is 0 Å². The fraction of sp³-hybridized carbons (Fsp3) is 0.462. The lowest BCUT2D eigenvalue weighted by Gasteiger charge is -2.43. The average molecular weight is 564 g/mol. The van der Waals surface area contributed by atoms with Crippen LogP contribution in [0.2, 0.25) is 0 Å². The molecule has 0 aliphatic carbocycles. The Bertz CT molecular complexity index is 1010. The van der Waals surface area contributed by atoms with E-state index in [9.17, 15) is 0 Å². The molecule has 0 atom stereocenters. The highest BCUT2D eigenvalue weighted by Crippen LogP contribution is 2.30. The molecule has 0 bridgehead atoms. The van der Waals surface area contributed by atoms with Crippen molar-refractivity contribution >= 4 is 33.6 Å². The summed E-state index contributed by atoms with van der Waals surface area (Å²) in [4.78, 5) is 25.9. The number of ether oxygens (including phenoxy) is 2. The van der Waals surface area contributed by atoms with Crippen LogP contribution < -0.4 is 14.4 Å². The number of rotatable bonds is 6. The van der Waals surface area contributed by atoms with Crippen molar-refractivity contribution < 1.29 is 29.3 Å². The van der Waals surface area contributed by atoms with Crippen LogP contribution in [0.5, 0.6) is 11.5 Å². The molecule has 2 aliphatic rings. The van der Waals surface area contributed by atoms with E-state index in [1.165, 1.54) is 24.1 Å². The summed E-state index contributed by atoms with van der Waals surface area (Å²) in [5, 5.41) is 14.8. The highest BCUT2D eigenvalue weighted by atomic mass is 79.9. The lowest BCUT2D eigenvalue weighted by molar-refractivity contribution is -0.159. The molecule has 2 aromatic rings. The molecular formula is C26H34BrN3O6. The second kappa shape index (κ2) is 13.5. The first-order valence-electron chi connectivity index (χ1n) is 12.0. The Balaban J connectivity index is 0.000000538. The summed E-state index contributed by atoms with van der Waals surface area (Å²) in [5.41, 5.74) is 2.48. The Morgan fingerprint density at radius 2 is 1.50 bits per heavy atom. The number of methoxy groups -OCH3 is 2. The number of carbonyl (C=O) groups is 2. The fourth-order valence-electron chi connectivity index (χ4n) is 4.77. The number of aliphatic carboxylic acids is 2. The predicted octanol–water partition coefficient (Wildman–Crippen LogP) is 3.41. The molecule has 0 aromatic heterocycles. The summed E-state index contributed by atoms with van der Waals surface area (Å²) < 4.78 is 12.2. The third-order valence-corrected chi connectivity index (χ3v) is 7.13. The molecular weight excluding hydrogens is 530 g/mol. The molecule has 2 saturated heterocycles. The van der Waals surface area contributed by atoms with E-state index >= 15 is 0 Å². The maximum absolute atomic E-state index is 9.10. The summed E-state index contributed by atoms with van der Waals surface area (Å²) >= 11 is 3.59. The zero-order valence-corrected chi connectivity index (χ0v) is 22.3. The quantitative estimate of drug-likeness (QED) is 0.511. The Hall–Kier alpha value is -2.82. The number of halogens is 1. The Labute approximate surface area is 220 Å². The number of hydrogen-bond acceptors (Lipinski definition) is 7. The second-order valence-corrected chi connectivity index (χ2v) is 9.68. The van der Waals surface area contributed by atoms with E-state index in [1.54, 1.807) is 14.2 Å². The highest BCUT2D eigenvalue weighted by Gasteiger charge is 2.28. The van der Waals surface area contributed by atoms with Gasteiger partial charge in [-0.15, -0.1) is 0 Å². The van der Waals surface area contributed by atoms with Gasteiger partial charge in [-0.05, 0) is 56.3 Å². The fourth-order valence-corrected chi connectivity index (χ4v) is 5.18. The van der Waals surface area contributed by atoms with Crippen LogP contribution in [0.1, 0.15) is 18.4 Å². The molecule has 0 radical (unpaired) electrons. The van der Waals surface area contributed by atoms with Gasteiger partial charge in [0.15, 0.2) is 0 Å². The predicted molar refractivity (Wildman–Crippen MR) is 141 cm³/mol. The van der Waals surface area contributed by atoms with E-state index < -0.39 is 11.9 Å². The van der Waals surface area contributed by atoms with Crippen molar-refractivity contribution in [1.82, 2.24) is 9.80 Å². The topological polar surface area (TPSA) is 103 Å². The van der Waals surface area contributed by atoms with Crippen LogP contribution in [-0.2, 0) is 16.1 Å². The number of carboxylic acids is 2. The number of anilines is 1. The standard InChI is InChI=1S/C24H32BrN3O2.C2H2O4/c1-29-23-8-7-20(25)17-19(23)18-26-11-9-21(10-12-26)27-13-15-28(16-14-27)22-5-3-4-6-24(22)30-2;3-1(4)2(5)6/h3-8,17,21H,9-16,18H2,1-2H3;(H,3,4)(H,5,6). The van der Waals surface area contributed by atoms with E-state index in [4.69, 9.17) is 29.3 Å². The van der Waals surface area contributed by atoms with Crippen molar-refractivity contribution in [1.29, 1.82) is 0 Å². The smallest absolute Gasteiger partial charge is 0.414 e. The van der Waals surface area contributed by atoms with Crippen molar-refractivity contribution in [2.24, 2.45) is 0 Å². The van der Waals surface area contributed by atoms with Crippen molar-refractivity contribution in [3.05, 3.63) is 52.5 Å². The zero-order valence-electron chi connectivity index (χ0n) is 20.7. The van der Waals surface area contributed by atoms with Crippen LogP contribution in [0.3, 0.4) is 0 Å². The molecule has 9 nitrogen and oxygen atoms in total. The van der Waals surface area contributed by atoms with E-state index in [2.05, 4.69) is 54.9 Å². The summed E-state index contributed by atoms with van der Waals surface area (Å²) in [6.45, 7) is 7.63. The second-order valence-electron chi connectivity index (χ2n) is 8.77. The minimum Gasteiger partial charge on any atom is -0.496 e. The van der Waals surface area contributed by atoms with E-state index in [0.29, 0.717) is 6.04 Å². The van der Waals surface area contributed by atoms with Crippen molar-refractivity contribution in [3.8, 4) is 11.5 Å². The Morgan fingerprint density at radius 1 is 0.889 bits per heavy atom. The molecule has 0 spiro atoms. The van der Waals surface area contributed by atoms with E-state index in [-0.39, 0.29) is 0 Å². The monoisotopic (exact) mass is 563 g/mol. The number of likely N-dealkylation sites (tertiary alicyclic amines) is 1. The Kier molecular flexibility index (Phi) is 10.4. The largest absolute Gasteiger partial charge is 0.496 e. The van der Waals surface area contributed by atoms with Gasteiger partial charge >= 0.3 is 11.9 Å². The van der Waals surface area contributed by atoms with Crippen LogP contribution in [0.4, 0.5) is 5.69 Å². The third kappa shape index (κ3) is 7.59. The lowest BCUT2D eigenvalue weighted by Crippen LogP contribution is -2.53. The van der Waals surface area contributed by atoms with E-state index in [0.717, 1.165) is 61.8 Å². The van der Waals surface area contributed by atoms with Gasteiger partial charge in [0, 0.05) is 48.8 Å². The summed E-state index contributed by atoms with van der Waals surface area (Å²) in [6.07, 6.45) is 2.48. The molecule has 10 heteroatoms. The number of hydrogen-bond donors (Lipinski definition) is 2. The highest BCUT2D eigenvalue weighted by molar-refractivity contribution is 9.10. The molecule has 2 fully saturated rings. The molecule has 2 heterocycles. The van der Waals surface area contributed by atoms with Crippen LogP contribution in [0.15, 0.2) is 46.9 Å². The maximum Gasteiger partial charge on any atom is 0.414 e. The van der Waals surface area contributed by atoms with Gasteiger partial charge in [0.25, 0.3) is 0 Å². The van der Waals surface area contributed by atoms with Gasteiger partial charge < -0.3 is 24.6 Å². The zero-order chi connectivity index (χ0) is 26.1. The normalized spacial score (nSPS) is 17.1. The number of piperazine rings is 1. The molecule has 0 unspecified atom stereocenters. The first kappa shape index (κ1) is 27.8. The summed E-state index contributed by atoms with van der Waals surface area (Å²) in [5.74, 6) is -1.69. The van der Waals surface area contributed by atoms with Crippen molar-refractivity contribution in [2.75, 3.05) is 58.4 Å². The summed E-state index contributed by atoms with van der Waals surface area (Å²) in [6, 6.07) is 15.3. The van der Waals surface area contributed by atoms with Crippen LogP contribution in [0.25, 0.3) is 0 Å². The van der Waals surface area contributed by atoms with Gasteiger partial charge in [-0.25, -0.2) is 9.59 Å². The van der Waals surface area contributed by atoms with Crippen LogP contribution in [-0.4, -0.2) is 91.5 Å². The number of piperidine rings is 1. The summed E-state index contributed by atoms with van der Waals surface area (Å²) in [7, 11) is 3.51. The lowest BCUT2D eigenvalue weighted by atomic mass is 10.0. The molecule has 2 aromatic carbocycles. The van der Waals surface area contributed by atoms with Crippen molar-refractivity contribution in [2.45, 2.75) is 25.4 Å². The molecule has 2 N–H and O–H groups in total. The first-order valence-corrected chi connectivity index (χ1v) is 12.7. The molecule has 2 aliphatic heterocycles. The third-order valence-electron chi connectivity index (χ3n) is 6.63. The molecule has 4 rings (SSSR count). The molecule has 36 heavy (non-hydrogen) atoms. The number of carboxylic acid groups (broad SMARTS) is 2. The minimum absolute atomic E-state index is 0.700. The molecule has 196 valence electrons. The molecule has 0 amide bonds. The Morgan fingerprint density at radius 3 is 2.08 bits per heavy atom. The van der Waals surface area contributed by atoms with Gasteiger partial charge in [0.05, 0.1) is 19.9 Å². The minimum atomic E-state index is -1.82. The first-order chi connectivity index (χ1) is 17.3. The number of para-hydroxylation sites is 2. The van der Waals surface area contributed by atoms with Gasteiger partial charge in [0.2, 0.25) is 0 Å². The van der Waals surface area contributed by atoms with E-state index in [1.807, 2.05) is 18.2 Å². The molecule has 0 saturated carbocycles. The van der Waals surface area contributed by atoms with Crippen LogP contribution >= 0.6 is 15.9 Å². The van der Waals surface area contributed by atoms with Crippen LogP contribution in [0, 0.1) is 0 Å². The average Bonchev–Trinajstić information content (AvgIpc) is 2.90.